The lowest BCUT2D eigenvalue weighted by atomic mass is 9.95. The van der Waals surface area contributed by atoms with Crippen LogP contribution in [0, 0.1) is 5.92 Å². The minimum atomic E-state index is 0.140. The molecule has 1 unspecified atom stereocenters. The molecule has 0 aliphatic carbocycles. The van der Waals surface area contributed by atoms with E-state index in [-0.39, 0.29) is 11.8 Å². The molecule has 2 heterocycles. The van der Waals surface area contributed by atoms with Gasteiger partial charge in [0.2, 0.25) is 5.91 Å². The lowest BCUT2D eigenvalue weighted by Crippen LogP contribution is -2.35. The molecular formula is C12H19N3O. The first kappa shape index (κ1) is 11.2. The summed E-state index contributed by atoms with van der Waals surface area (Å²) in [7, 11) is 0. The van der Waals surface area contributed by atoms with Crippen molar-refractivity contribution in [2.24, 2.45) is 5.92 Å². The van der Waals surface area contributed by atoms with Crippen LogP contribution in [0.2, 0.25) is 0 Å². The molecule has 0 radical (unpaired) electrons. The van der Waals surface area contributed by atoms with Crippen molar-refractivity contribution < 1.29 is 4.79 Å². The molecule has 1 aliphatic rings. The summed E-state index contributed by atoms with van der Waals surface area (Å²) in [5.74, 6) is 0.349. The number of rotatable bonds is 4. The van der Waals surface area contributed by atoms with Gasteiger partial charge in [0.15, 0.2) is 0 Å². The average Bonchev–Trinajstić information content (AvgIpc) is 2.76. The fraction of sp³-hybridized carbons (Fsp3) is 0.667. The van der Waals surface area contributed by atoms with Gasteiger partial charge in [0.1, 0.15) is 0 Å². The molecule has 1 N–H and O–H groups in total. The van der Waals surface area contributed by atoms with Gasteiger partial charge in [-0.2, -0.15) is 0 Å². The van der Waals surface area contributed by atoms with Gasteiger partial charge in [-0.05, 0) is 12.8 Å². The highest BCUT2D eigenvalue weighted by Crippen LogP contribution is 2.19. The summed E-state index contributed by atoms with van der Waals surface area (Å²) in [6, 6.07) is 0. The van der Waals surface area contributed by atoms with Gasteiger partial charge < -0.3 is 9.88 Å². The Hall–Kier alpha value is -1.32. The third kappa shape index (κ3) is 2.43. The topological polar surface area (TPSA) is 46.9 Å². The maximum atomic E-state index is 11.9. The van der Waals surface area contributed by atoms with E-state index in [2.05, 4.69) is 21.8 Å². The number of nitrogens with zero attached hydrogens (tertiary/aromatic N) is 2. The van der Waals surface area contributed by atoms with Crippen LogP contribution in [0.25, 0.3) is 0 Å². The van der Waals surface area contributed by atoms with Crippen LogP contribution in [0.5, 0.6) is 0 Å². The van der Waals surface area contributed by atoms with Crippen molar-refractivity contribution in [3.8, 4) is 0 Å². The van der Waals surface area contributed by atoms with E-state index in [1.165, 1.54) is 5.69 Å². The van der Waals surface area contributed by atoms with Crippen molar-refractivity contribution in [2.45, 2.75) is 39.2 Å². The van der Waals surface area contributed by atoms with Crippen molar-refractivity contribution >= 4 is 5.91 Å². The molecule has 0 bridgehead atoms. The van der Waals surface area contributed by atoms with Gasteiger partial charge in [0, 0.05) is 37.3 Å². The van der Waals surface area contributed by atoms with Gasteiger partial charge in [-0.1, -0.05) is 13.3 Å². The predicted octanol–water partition coefficient (Wildman–Crippen LogP) is 1.36. The van der Waals surface area contributed by atoms with E-state index >= 15 is 0 Å². The SMILES string of the molecule is CCCCNC(=O)C1CCn2cncc2C1. The molecule has 0 spiro atoms. The Morgan fingerprint density at radius 2 is 2.56 bits per heavy atom. The molecule has 0 aromatic carbocycles. The Balaban J connectivity index is 1.86. The third-order valence-electron chi connectivity index (χ3n) is 3.17. The second-order valence-corrected chi connectivity index (χ2v) is 4.41. The van der Waals surface area contributed by atoms with Gasteiger partial charge in [0.25, 0.3) is 0 Å². The van der Waals surface area contributed by atoms with Gasteiger partial charge in [0.05, 0.1) is 6.33 Å². The number of aromatic nitrogens is 2. The highest BCUT2D eigenvalue weighted by atomic mass is 16.1. The molecule has 1 atom stereocenters. The molecular weight excluding hydrogens is 202 g/mol. The Morgan fingerprint density at radius 3 is 3.38 bits per heavy atom. The van der Waals surface area contributed by atoms with E-state index in [0.717, 1.165) is 38.8 Å². The van der Waals surface area contributed by atoms with Crippen molar-refractivity contribution in [3.05, 3.63) is 18.2 Å². The Morgan fingerprint density at radius 1 is 1.69 bits per heavy atom. The highest BCUT2D eigenvalue weighted by molar-refractivity contribution is 5.78. The van der Waals surface area contributed by atoms with E-state index < -0.39 is 0 Å². The first-order valence-electron chi connectivity index (χ1n) is 6.08. The Bertz CT molecular complexity index is 359. The van der Waals surface area contributed by atoms with Crippen LogP contribution in [0.3, 0.4) is 0 Å². The van der Waals surface area contributed by atoms with Crippen LogP contribution in [-0.2, 0) is 17.8 Å². The lowest BCUT2D eigenvalue weighted by Gasteiger charge is -2.22. The van der Waals surface area contributed by atoms with E-state index in [1.54, 1.807) is 0 Å². The van der Waals surface area contributed by atoms with Crippen LogP contribution >= 0.6 is 0 Å². The summed E-state index contributed by atoms with van der Waals surface area (Å²) in [6.07, 6.45) is 7.67. The van der Waals surface area contributed by atoms with Gasteiger partial charge in [-0.15, -0.1) is 0 Å². The summed E-state index contributed by atoms with van der Waals surface area (Å²) in [4.78, 5) is 16.0. The number of hydrogen-bond donors (Lipinski definition) is 1. The fourth-order valence-electron chi connectivity index (χ4n) is 2.13. The van der Waals surface area contributed by atoms with Crippen molar-refractivity contribution in [3.63, 3.8) is 0 Å². The van der Waals surface area contributed by atoms with Gasteiger partial charge in [-0.3, -0.25) is 4.79 Å². The van der Waals surface area contributed by atoms with Crippen LogP contribution in [0.4, 0.5) is 0 Å². The first-order chi connectivity index (χ1) is 7.81. The molecule has 0 fully saturated rings. The van der Waals surface area contributed by atoms with E-state index in [9.17, 15) is 4.79 Å². The molecule has 16 heavy (non-hydrogen) atoms. The number of hydrogen-bond acceptors (Lipinski definition) is 2. The van der Waals surface area contributed by atoms with Crippen molar-refractivity contribution in [2.75, 3.05) is 6.54 Å². The van der Waals surface area contributed by atoms with Crippen molar-refractivity contribution in [1.82, 2.24) is 14.9 Å². The standard InChI is InChI=1S/C12H19N3O/c1-2-3-5-14-12(16)10-4-6-15-9-13-8-11(15)7-10/h8-10H,2-7H2,1H3,(H,14,16). The largest absolute Gasteiger partial charge is 0.356 e. The number of unbranched alkanes of at least 4 members (excludes halogenated alkanes) is 1. The average molecular weight is 221 g/mol. The number of amides is 1. The first-order valence-corrected chi connectivity index (χ1v) is 6.08. The van der Waals surface area contributed by atoms with Crippen LogP contribution in [-0.4, -0.2) is 22.0 Å². The zero-order valence-electron chi connectivity index (χ0n) is 9.78. The summed E-state index contributed by atoms with van der Waals surface area (Å²) in [6.45, 7) is 3.86. The maximum Gasteiger partial charge on any atom is 0.223 e. The quantitative estimate of drug-likeness (QED) is 0.780. The number of nitrogens with one attached hydrogen (secondary N) is 1. The lowest BCUT2D eigenvalue weighted by molar-refractivity contribution is -0.125. The molecule has 0 saturated heterocycles. The summed E-state index contributed by atoms with van der Waals surface area (Å²) in [5.41, 5.74) is 1.18. The van der Waals surface area contributed by atoms with E-state index in [4.69, 9.17) is 0 Å². The van der Waals surface area contributed by atoms with Crippen LogP contribution < -0.4 is 5.32 Å². The van der Waals surface area contributed by atoms with Crippen LogP contribution in [0.15, 0.2) is 12.5 Å². The Labute approximate surface area is 96.1 Å². The second-order valence-electron chi connectivity index (χ2n) is 4.41. The van der Waals surface area contributed by atoms with E-state index in [1.807, 2.05) is 12.5 Å². The molecule has 1 aromatic rings. The maximum absolute atomic E-state index is 11.9. The molecule has 0 saturated carbocycles. The van der Waals surface area contributed by atoms with Gasteiger partial charge in [-0.25, -0.2) is 4.98 Å². The number of fused-ring (bicyclic) bond motifs is 1. The molecule has 1 aromatic heterocycles. The molecule has 4 nitrogen and oxygen atoms in total. The van der Waals surface area contributed by atoms with Crippen molar-refractivity contribution in [1.29, 1.82) is 0 Å². The minimum Gasteiger partial charge on any atom is -0.356 e. The summed E-state index contributed by atoms with van der Waals surface area (Å²) < 4.78 is 2.13. The molecule has 2 rings (SSSR count). The monoisotopic (exact) mass is 221 g/mol. The minimum absolute atomic E-state index is 0.140. The zero-order valence-corrected chi connectivity index (χ0v) is 9.78. The van der Waals surface area contributed by atoms with E-state index in [0.29, 0.717) is 0 Å². The van der Waals surface area contributed by atoms with Gasteiger partial charge >= 0.3 is 0 Å². The molecule has 1 amide bonds. The summed E-state index contributed by atoms with van der Waals surface area (Å²) >= 11 is 0. The molecule has 4 heteroatoms. The third-order valence-corrected chi connectivity index (χ3v) is 3.17. The zero-order chi connectivity index (χ0) is 11.4. The van der Waals surface area contributed by atoms with Crippen LogP contribution in [0.1, 0.15) is 31.9 Å². The Kier molecular flexibility index (Phi) is 3.59. The number of imidazole rings is 1. The summed E-state index contributed by atoms with van der Waals surface area (Å²) in [5, 5.41) is 3.01. The predicted molar refractivity (Wildman–Crippen MR) is 62.0 cm³/mol. The number of carbonyl (C=O) groups is 1. The molecule has 88 valence electrons. The second kappa shape index (κ2) is 5.14. The smallest absolute Gasteiger partial charge is 0.223 e. The highest BCUT2D eigenvalue weighted by Gasteiger charge is 2.24. The fourth-order valence-corrected chi connectivity index (χ4v) is 2.13. The normalized spacial score (nSPS) is 19.2. The number of aryl methyl sites for hydroxylation is 1. The molecule has 1 aliphatic heterocycles. The number of carbonyl (C=O) groups excluding carboxylic acids is 1.